The highest BCUT2D eigenvalue weighted by molar-refractivity contribution is 5.68. The molecule has 0 radical (unpaired) electrons. The van der Waals surface area contributed by atoms with Crippen LogP contribution in [0.1, 0.15) is 31.4 Å². The lowest BCUT2D eigenvalue weighted by atomic mass is 10.1. The zero-order chi connectivity index (χ0) is 13.7. The average Bonchev–Trinajstić information content (AvgIpc) is 2.27. The Morgan fingerprint density at radius 3 is 2.56 bits per heavy atom. The number of hydrogen-bond donors (Lipinski definition) is 1. The number of hydrogen-bond acceptors (Lipinski definition) is 2. The molecule has 0 fully saturated rings. The van der Waals surface area contributed by atoms with Crippen LogP contribution in [-0.2, 0) is 4.79 Å². The van der Waals surface area contributed by atoms with Crippen LogP contribution < -0.4 is 4.90 Å². The number of benzene rings is 1. The molecule has 0 aliphatic heterocycles. The van der Waals surface area contributed by atoms with Crippen LogP contribution in [0.25, 0.3) is 0 Å². The maximum absolute atomic E-state index is 10.7. The zero-order valence-corrected chi connectivity index (χ0v) is 11.7. The smallest absolute Gasteiger partial charge is 0.305 e. The van der Waals surface area contributed by atoms with E-state index >= 15 is 0 Å². The van der Waals surface area contributed by atoms with Gasteiger partial charge in [0.2, 0.25) is 0 Å². The highest BCUT2D eigenvalue weighted by Crippen LogP contribution is 2.23. The van der Waals surface area contributed by atoms with Crippen molar-refractivity contribution in [2.45, 2.75) is 34.1 Å². The first-order chi connectivity index (χ1) is 8.41. The van der Waals surface area contributed by atoms with Crippen molar-refractivity contribution >= 4 is 11.7 Å². The molecule has 1 aromatic rings. The van der Waals surface area contributed by atoms with Gasteiger partial charge in [-0.3, -0.25) is 4.79 Å². The maximum atomic E-state index is 10.7. The van der Waals surface area contributed by atoms with Gasteiger partial charge >= 0.3 is 5.97 Å². The topological polar surface area (TPSA) is 40.5 Å². The molecule has 0 aliphatic carbocycles. The molecule has 0 amide bonds. The molecule has 0 aromatic heterocycles. The van der Waals surface area contributed by atoms with Crippen molar-refractivity contribution < 1.29 is 9.90 Å². The Kier molecular flexibility index (Phi) is 5.20. The fourth-order valence-electron chi connectivity index (χ4n) is 2.06. The van der Waals surface area contributed by atoms with E-state index in [1.165, 1.54) is 11.1 Å². The monoisotopic (exact) mass is 249 g/mol. The van der Waals surface area contributed by atoms with Crippen LogP contribution in [0.4, 0.5) is 5.69 Å². The molecular formula is C15H23NO2. The minimum atomic E-state index is -0.742. The Labute approximate surface area is 109 Å². The Balaban J connectivity index is 2.93. The van der Waals surface area contributed by atoms with Crippen LogP contribution in [0.5, 0.6) is 0 Å². The second kappa shape index (κ2) is 6.43. The fraction of sp³-hybridized carbons (Fsp3) is 0.533. The summed E-state index contributed by atoms with van der Waals surface area (Å²) in [5.74, 6) is -0.229. The van der Waals surface area contributed by atoms with Crippen LogP contribution in [0.15, 0.2) is 18.2 Å². The van der Waals surface area contributed by atoms with Gasteiger partial charge in [-0.05, 0) is 37.0 Å². The average molecular weight is 249 g/mol. The van der Waals surface area contributed by atoms with Gasteiger partial charge in [0.15, 0.2) is 0 Å². The predicted molar refractivity (Wildman–Crippen MR) is 75.2 cm³/mol. The largest absolute Gasteiger partial charge is 0.481 e. The maximum Gasteiger partial charge on any atom is 0.305 e. The van der Waals surface area contributed by atoms with Crippen molar-refractivity contribution in [1.29, 1.82) is 0 Å². The predicted octanol–water partition coefficient (Wildman–Crippen LogP) is 3.24. The first-order valence-corrected chi connectivity index (χ1v) is 6.44. The van der Waals surface area contributed by atoms with E-state index in [9.17, 15) is 4.79 Å². The first-order valence-electron chi connectivity index (χ1n) is 6.44. The number of carboxylic acids is 1. The van der Waals surface area contributed by atoms with E-state index in [2.05, 4.69) is 44.7 Å². The van der Waals surface area contributed by atoms with Crippen LogP contribution in [0, 0.1) is 19.8 Å². The summed E-state index contributed by atoms with van der Waals surface area (Å²) in [5.41, 5.74) is 3.64. The summed E-state index contributed by atoms with van der Waals surface area (Å²) < 4.78 is 0. The standard InChI is InChI=1S/C15H23NO2/c1-11(2)10-16(9-8-15(17)18)14-7-5-6-12(3)13(14)4/h5-7,11H,8-10H2,1-4H3,(H,17,18). The van der Waals surface area contributed by atoms with Crippen LogP contribution in [-0.4, -0.2) is 24.2 Å². The van der Waals surface area contributed by atoms with E-state index in [1.807, 2.05) is 6.07 Å². The van der Waals surface area contributed by atoms with Crippen molar-refractivity contribution in [2.75, 3.05) is 18.0 Å². The van der Waals surface area contributed by atoms with Gasteiger partial charge in [0.05, 0.1) is 6.42 Å². The van der Waals surface area contributed by atoms with E-state index in [0.717, 1.165) is 12.2 Å². The van der Waals surface area contributed by atoms with Crippen molar-refractivity contribution in [2.24, 2.45) is 5.92 Å². The van der Waals surface area contributed by atoms with Gasteiger partial charge in [0, 0.05) is 18.8 Å². The number of anilines is 1. The molecule has 18 heavy (non-hydrogen) atoms. The molecule has 0 atom stereocenters. The van der Waals surface area contributed by atoms with Gasteiger partial charge in [-0.1, -0.05) is 26.0 Å². The Hall–Kier alpha value is -1.51. The van der Waals surface area contributed by atoms with Crippen LogP contribution in [0.2, 0.25) is 0 Å². The third kappa shape index (κ3) is 4.06. The third-order valence-electron chi connectivity index (χ3n) is 3.10. The van der Waals surface area contributed by atoms with Crippen LogP contribution in [0.3, 0.4) is 0 Å². The molecule has 3 heteroatoms. The Bertz CT molecular complexity index is 413. The van der Waals surface area contributed by atoms with Gasteiger partial charge < -0.3 is 10.0 Å². The van der Waals surface area contributed by atoms with Gasteiger partial charge in [0.25, 0.3) is 0 Å². The number of aliphatic carboxylic acids is 1. The van der Waals surface area contributed by atoms with E-state index < -0.39 is 5.97 Å². The quantitative estimate of drug-likeness (QED) is 0.841. The highest BCUT2D eigenvalue weighted by Gasteiger charge is 2.13. The lowest BCUT2D eigenvalue weighted by Crippen LogP contribution is -2.30. The Morgan fingerprint density at radius 2 is 2.00 bits per heavy atom. The van der Waals surface area contributed by atoms with E-state index in [-0.39, 0.29) is 6.42 Å². The molecule has 0 spiro atoms. The zero-order valence-electron chi connectivity index (χ0n) is 11.7. The number of nitrogens with zero attached hydrogens (tertiary/aromatic N) is 1. The lowest BCUT2D eigenvalue weighted by molar-refractivity contribution is -0.136. The fourth-order valence-corrected chi connectivity index (χ4v) is 2.06. The second-order valence-electron chi connectivity index (χ2n) is 5.20. The lowest BCUT2D eigenvalue weighted by Gasteiger charge is -2.28. The molecule has 1 N–H and O–H groups in total. The molecule has 3 nitrogen and oxygen atoms in total. The first kappa shape index (κ1) is 14.6. The molecule has 100 valence electrons. The molecule has 0 aliphatic rings. The van der Waals surface area contributed by atoms with E-state index in [1.54, 1.807) is 0 Å². The molecule has 0 unspecified atom stereocenters. The number of carboxylic acid groups (broad SMARTS) is 1. The number of aryl methyl sites for hydroxylation is 1. The molecule has 1 rings (SSSR count). The van der Waals surface area contributed by atoms with Crippen molar-refractivity contribution in [3.63, 3.8) is 0 Å². The van der Waals surface area contributed by atoms with Crippen LogP contribution >= 0.6 is 0 Å². The minimum absolute atomic E-state index is 0.181. The molecule has 0 heterocycles. The third-order valence-corrected chi connectivity index (χ3v) is 3.10. The van der Waals surface area contributed by atoms with Gasteiger partial charge in [0.1, 0.15) is 0 Å². The summed E-state index contributed by atoms with van der Waals surface area (Å²) in [6, 6.07) is 6.20. The summed E-state index contributed by atoms with van der Waals surface area (Å²) in [4.78, 5) is 12.9. The van der Waals surface area contributed by atoms with Crippen molar-refractivity contribution in [3.8, 4) is 0 Å². The summed E-state index contributed by atoms with van der Waals surface area (Å²) in [5, 5.41) is 8.84. The van der Waals surface area contributed by atoms with Crippen molar-refractivity contribution in [1.82, 2.24) is 0 Å². The molecular weight excluding hydrogens is 226 g/mol. The summed E-state index contributed by atoms with van der Waals surface area (Å²) >= 11 is 0. The molecule has 1 aromatic carbocycles. The molecule has 0 saturated heterocycles. The molecule has 0 saturated carbocycles. The molecule has 0 bridgehead atoms. The van der Waals surface area contributed by atoms with Gasteiger partial charge in [-0.2, -0.15) is 0 Å². The second-order valence-corrected chi connectivity index (χ2v) is 5.20. The SMILES string of the molecule is Cc1cccc(N(CCC(=O)O)CC(C)C)c1C. The normalized spacial score (nSPS) is 10.7. The van der Waals surface area contributed by atoms with E-state index in [4.69, 9.17) is 5.11 Å². The number of carbonyl (C=O) groups is 1. The van der Waals surface area contributed by atoms with Crippen molar-refractivity contribution in [3.05, 3.63) is 29.3 Å². The minimum Gasteiger partial charge on any atom is -0.481 e. The highest BCUT2D eigenvalue weighted by atomic mass is 16.4. The Morgan fingerprint density at radius 1 is 1.33 bits per heavy atom. The van der Waals surface area contributed by atoms with Gasteiger partial charge in [-0.15, -0.1) is 0 Å². The van der Waals surface area contributed by atoms with E-state index in [0.29, 0.717) is 12.5 Å². The van der Waals surface area contributed by atoms with Gasteiger partial charge in [-0.25, -0.2) is 0 Å². The summed E-state index contributed by atoms with van der Waals surface area (Å²) in [7, 11) is 0. The summed E-state index contributed by atoms with van der Waals surface area (Å²) in [6.07, 6.45) is 0.181. The number of rotatable bonds is 6. The summed E-state index contributed by atoms with van der Waals surface area (Å²) in [6.45, 7) is 9.94.